The van der Waals surface area contributed by atoms with E-state index in [4.69, 9.17) is 23.7 Å². The molecule has 2 saturated heterocycles. The highest BCUT2D eigenvalue weighted by Gasteiger charge is 2.76. The monoisotopic (exact) mass is 524 g/mol. The summed E-state index contributed by atoms with van der Waals surface area (Å²) in [4.78, 5) is 38.8. The van der Waals surface area contributed by atoms with Crippen molar-refractivity contribution in [3.63, 3.8) is 0 Å². The van der Waals surface area contributed by atoms with Crippen LogP contribution < -0.4 is 10.6 Å². The predicted octanol–water partition coefficient (Wildman–Crippen LogP) is 2.45. The molecule has 0 aromatic heterocycles. The van der Waals surface area contributed by atoms with Gasteiger partial charge < -0.3 is 34.3 Å². The van der Waals surface area contributed by atoms with Gasteiger partial charge in [0.15, 0.2) is 18.5 Å². The summed E-state index contributed by atoms with van der Waals surface area (Å²) < 4.78 is 29.7. The molecule has 1 aliphatic carbocycles. The minimum Gasteiger partial charge on any atom is -0.455 e. The lowest BCUT2D eigenvalue weighted by Crippen LogP contribution is -2.80. The second-order valence-corrected chi connectivity index (χ2v) is 10.1. The molecule has 1 unspecified atom stereocenters. The van der Waals surface area contributed by atoms with Gasteiger partial charge in [0.05, 0.1) is 6.61 Å². The number of nitrogens with one attached hydrogen (secondary N) is 2. The van der Waals surface area contributed by atoms with Crippen LogP contribution >= 0.6 is 0 Å². The lowest BCUT2D eigenvalue weighted by Gasteiger charge is -2.57. The molecule has 10 heteroatoms. The zero-order chi connectivity index (χ0) is 26.9. The van der Waals surface area contributed by atoms with E-state index < -0.39 is 59.6 Å². The van der Waals surface area contributed by atoms with Crippen LogP contribution in [0.2, 0.25) is 0 Å². The number of benzene rings is 2. The van der Waals surface area contributed by atoms with Crippen LogP contribution in [0.3, 0.4) is 0 Å². The number of fused-ring (bicyclic) bond motifs is 1. The van der Waals surface area contributed by atoms with Crippen molar-refractivity contribution in [1.29, 1.82) is 0 Å². The number of hydrogen-bond acceptors (Lipinski definition) is 8. The zero-order valence-electron chi connectivity index (χ0n) is 21.5. The molecule has 7 atom stereocenters. The Hall–Kier alpha value is -3.47. The van der Waals surface area contributed by atoms with Gasteiger partial charge in [-0.15, -0.1) is 0 Å². The predicted molar refractivity (Wildman–Crippen MR) is 133 cm³/mol. The normalized spacial score (nSPS) is 33.2. The van der Waals surface area contributed by atoms with E-state index in [-0.39, 0.29) is 19.6 Å². The smallest absolute Gasteiger partial charge is 0.338 e. The van der Waals surface area contributed by atoms with Gasteiger partial charge in [-0.3, -0.25) is 4.79 Å². The third-order valence-electron chi connectivity index (χ3n) is 7.58. The van der Waals surface area contributed by atoms with E-state index >= 15 is 0 Å². The summed E-state index contributed by atoms with van der Waals surface area (Å²) >= 11 is 0. The molecule has 38 heavy (non-hydrogen) atoms. The Morgan fingerprint density at radius 1 is 1.05 bits per heavy atom. The maximum Gasteiger partial charge on any atom is 0.338 e. The third kappa shape index (κ3) is 4.63. The van der Waals surface area contributed by atoms with Gasteiger partial charge >= 0.3 is 18.0 Å². The molecule has 2 aromatic carbocycles. The molecule has 202 valence electrons. The number of rotatable bonds is 8. The molecule has 10 nitrogen and oxygen atoms in total. The average molecular weight is 525 g/mol. The largest absolute Gasteiger partial charge is 0.455 e. The van der Waals surface area contributed by atoms with Crippen molar-refractivity contribution in [2.75, 3.05) is 7.11 Å². The van der Waals surface area contributed by atoms with E-state index in [1.54, 1.807) is 6.92 Å². The molecule has 2 aromatic rings. The van der Waals surface area contributed by atoms with Gasteiger partial charge in [0.2, 0.25) is 0 Å². The minimum atomic E-state index is -1.34. The van der Waals surface area contributed by atoms with Crippen LogP contribution in [0.1, 0.15) is 31.4 Å². The van der Waals surface area contributed by atoms with E-state index in [1.165, 1.54) is 14.0 Å². The van der Waals surface area contributed by atoms with Gasteiger partial charge in [0.25, 0.3) is 0 Å². The summed E-state index contributed by atoms with van der Waals surface area (Å²) in [6.07, 6.45) is -3.75. The lowest BCUT2D eigenvalue weighted by molar-refractivity contribution is -0.257. The molecule has 0 radical (unpaired) electrons. The molecule has 3 aliphatic rings. The van der Waals surface area contributed by atoms with Crippen molar-refractivity contribution in [1.82, 2.24) is 10.6 Å². The summed E-state index contributed by atoms with van der Waals surface area (Å²) in [6, 6.07) is 18.5. The molecule has 0 spiro atoms. The van der Waals surface area contributed by atoms with E-state index in [2.05, 4.69) is 10.6 Å². The summed E-state index contributed by atoms with van der Waals surface area (Å²) in [5.74, 6) is -1.80. The number of esters is 2. The molecule has 1 saturated carbocycles. The maximum atomic E-state index is 13.3. The average Bonchev–Trinajstić information content (AvgIpc) is 3.23. The third-order valence-corrected chi connectivity index (χ3v) is 7.58. The number of carbonyl (C=O) groups is 3. The van der Waals surface area contributed by atoms with Crippen LogP contribution in [0, 0.1) is 5.92 Å². The van der Waals surface area contributed by atoms with Gasteiger partial charge in [-0.25, -0.2) is 9.59 Å². The number of methoxy groups -OCH3 is 1. The first-order valence-electron chi connectivity index (χ1n) is 12.6. The second kappa shape index (κ2) is 10.4. The van der Waals surface area contributed by atoms with Crippen molar-refractivity contribution < 1.29 is 38.1 Å². The molecule has 2 bridgehead atoms. The van der Waals surface area contributed by atoms with Gasteiger partial charge in [-0.2, -0.15) is 0 Å². The fourth-order valence-corrected chi connectivity index (χ4v) is 6.02. The SMILES string of the molecule is CO[C@@H]1O[C@@H]2C(=O)O[C@H]3C(OCc4ccccc4)[C@]2(NC(=O)NCc2ccccc2)[C@@H]1C[C@]3(C)OC(C)=O. The topological polar surface area (TPSA) is 121 Å². The molecule has 5 rings (SSSR count). The molecule has 2 heterocycles. The van der Waals surface area contributed by atoms with Crippen LogP contribution in [-0.4, -0.2) is 60.8 Å². The Balaban J connectivity index is 1.51. The van der Waals surface area contributed by atoms with E-state index in [0.717, 1.165) is 11.1 Å². The first kappa shape index (κ1) is 26.1. The van der Waals surface area contributed by atoms with Crippen molar-refractivity contribution in [3.8, 4) is 0 Å². The Labute approximate surface area is 220 Å². The number of urea groups is 1. The van der Waals surface area contributed by atoms with E-state index in [0.29, 0.717) is 0 Å². The van der Waals surface area contributed by atoms with Gasteiger partial charge in [0.1, 0.15) is 17.2 Å². The Morgan fingerprint density at radius 3 is 2.34 bits per heavy atom. The van der Waals surface area contributed by atoms with Crippen LogP contribution in [0.25, 0.3) is 0 Å². The first-order valence-corrected chi connectivity index (χ1v) is 12.6. The molecular formula is C28H32N2O8. The highest BCUT2D eigenvalue weighted by Crippen LogP contribution is 2.55. The summed E-state index contributed by atoms with van der Waals surface area (Å²) in [5, 5.41) is 5.92. The lowest BCUT2D eigenvalue weighted by atomic mass is 9.61. The Morgan fingerprint density at radius 2 is 1.71 bits per heavy atom. The Bertz CT molecular complexity index is 1180. The summed E-state index contributed by atoms with van der Waals surface area (Å²) in [7, 11) is 1.46. The van der Waals surface area contributed by atoms with Crippen molar-refractivity contribution in [2.24, 2.45) is 5.92 Å². The van der Waals surface area contributed by atoms with E-state index in [1.807, 2.05) is 60.7 Å². The Kier molecular flexibility index (Phi) is 7.13. The number of ether oxygens (including phenoxy) is 5. The molecule has 2 amide bonds. The zero-order valence-corrected chi connectivity index (χ0v) is 21.5. The van der Waals surface area contributed by atoms with Crippen LogP contribution in [0.4, 0.5) is 4.79 Å². The van der Waals surface area contributed by atoms with Crippen LogP contribution in [0.15, 0.2) is 60.7 Å². The van der Waals surface area contributed by atoms with Crippen molar-refractivity contribution >= 4 is 18.0 Å². The van der Waals surface area contributed by atoms with Gasteiger partial charge in [-0.05, 0) is 18.1 Å². The fourth-order valence-electron chi connectivity index (χ4n) is 6.02. The maximum absolute atomic E-state index is 13.3. The standard InChI is InChI=1S/C28H32N2O8/c1-17(31)38-27(2)14-20-25(34-3)37-23-24(32)36-21(27)22(35-16-19-12-8-5-9-13-19)28(20,23)30-26(33)29-15-18-10-6-4-7-11-18/h4-13,20-23,25H,14-16H2,1-3H3,(H2,29,30,33)/t20-,21+,22?,23-,25-,27+,28-/m1/s1. The molecule has 3 fully saturated rings. The van der Waals surface area contributed by atoms with Crippen LogP contribution in [-0.2, 0) is 46.4 Å². The quantitative estimate of drug-likeness (QED) is 0.505. The van der Waals surface area contributed by atoms with Gasteiger partial charge in [0, 0.05) is 32.9 Å². The van der Waals surface area contributed by atoms with Crippen LogP contribution in [0.5, 0.6) is 0 Å². The molecule has 2 aliphatic heterocycles. The highest BCUT2D eigenvalue weighted by atomic mass is 16.7. The molecular weight excluding hydrogens is 492 g/mol. The number of carbonyl (C=O) groups excluding carboxylic acids is 3. The van der Waals surface area contributed by atoms with Crippen molar-refractivity contribution in [3.05, 3.63) is 71.8 Å². The molecule has 2 N–H and O–H groups in total. The minimum absolute atomic E-state index is 0.169. The second-order valence-electron chi connectivity index (χ2n) is 10.1. The first-order chi connectivity index (χ1) is 18.3. The van der Waals surface area contributed by atoms with E-state index in [9.17, 15) is 14.4 Å². The van der Waals surface area contributed by atoms with Crippen molar-refractivity contribution in [2.45, 2.75) is 69.2 Å². The number of amides is 2. The van der Waals surface area contributed by atoms with Gasteiger partial charge in [-0.1, -0.05) is 60.7 Å². The summed E-state index contributed by atoms with van der Waals surface area (Å²) in [6.45, 7) is 3.45. The summed E-state index contributed by atoms with van der Waals surface area (Å²) in [5.41, 5.74) is -0.778. The highest BCUT2D eigenvalue weighted by molar-refractivity contribution is 5.83. The number of hydrogen-bond donors (Lipinski definition) is 2. The fraction of sp³-hybridized carbons (Fsp3) is 0.464.